The van der Waals surface area contributed by atoms with Crippen molar-refractivity contribution in [1.82, 2.24) is 9.97 Å². The van der Waals surface area contributed by atoms with Crippen LogP contribution in [0, 0.1) is 12.8 Å². The summed E-state index contributed by atoms with van der Waals surface area (Å²) in [6.45, 7) is 4.97. The lowest BCUT2D eigenvalue weighted by Crippen LogP contribution is -2.41. The second-order valence-corrected chi connectivity index (χ2v) is 8.85. The van der Waals surface area contributed by atoms with Gasteiger partial charge in [0.05, 0.1) is 34.7 Å². The highest BCUT2D eigenvalue weighted by Crippen LogP contribution is 2.32. The number of nitrogens with one attached hydrogen (secondary N) is 3. The van der Waals surface area contributed by atoms with Crippen LogP contribution in [0.15, 0.2) is 23.0 Å². The molecule has 1 saturated heterocycles. The van der Waals surface area contributed by atoms with Gasteiger partial charge in [0.15, 0.2) is 0 Å². The first-order valence-corrected chi connectivity index (χ1v) is 11.6. The molecule has 0 spiro atoms. The molecule has 0 bridgehead atoms. The second-order valence-electron chi connectivity index (χ2n) is 8.44. The van der Waals surface area contributed by atoms with Crippen molar-refractivity contribution in [1.29, 1.82) is 0 Å². The van der Waals surface area contributed by atoms with Crippen LogP contribution in [-0.2, 0) is 19.1 Å². The molecule has 2 aliphatic rings. The van der Waals surface area contributed by atoms with Crippen molar-refractivity contribution in [2.45, 2.75) is 39.0 Å². The number of fused-ring (bicyclic) bond motifs is 1. The summed E-state index contributed by atoms with van der Waals surface area (Å²) >= 11 is 6.22. The first-order valence-electron chi connectivity index (χ1n) is 11.2. The van der Waals surface area contributed by atoms with E-state index in [4.69, 9.17) is 16.3 Å². The van der Waals surface area contributed by atoms with Crippen LogP contribution in [0.25, 0.3) is 0 Å². The maximum absolute atomic E-state index is 13.0. The maximum atomic E-state index is 13.0. The number of aromatic nitrogens is 2. The number of esters is 1. The summed E-state index contributed by atoms with van der Waals surface area (Å²) in [6, 6.07) is 5.18. The van der Waals surface area contributed by atoms with Gasteiger partial charge in [-0.1, -0.05) is 17.7 Å². The number of aromatic amines is 1. The molecule has 3 N–H and O–H groups in total. The van der Waals surface area contributed by atoms with Gasteiger partial charge in [-0.25, -0.2) is 0 Å². The number of hydrogen-bond acceptors (Lipinski definition) is 7. The number of halogens is 1. The number of H-pyrrole nitrogens is 1. The summed E-state index contributed by atoms with van der Waals surface area (Å²) in [7, 11) is 0. The fourth-order valence-electron chi connectivity index (χ4n) is 4.26. The van der Waals surface area contributed by atoms with Gasteiger partial charge in [0.1, 0.15) is 5.82 Å². The van der Waals surface area contributed by atoms with Crippen molar-refractivity contribution in [2.24, 2.45) is 5.92 Å². The molecule has 1 fully saturated rings. The zero-order valence-corrected chi connectivity index (χ0v) is 19.7. The van der Waals surface area contributed by atoms with Crippen LogP contribution in [0.5, 0.6) is 0 Å². The molecular weight excluding hydrogens is 462 g/mol. The third-order valence-electron chi connectivity index (χ3n) is 6.05. The number of aryl methyl sites for hydroxylation is 1. The topological polar surface area (TPSA) is 133 Å². The predicted octanol–water partition coefficient (Wildman–Crippen LogP) is 2.58. The van der Waals surface area contributed by atoms with E-state index in [0.29, 0.717) is 43.2 Å². The van der Waals surface area contributed by atoms with Crippen molar-refractivity contribution in [3.8, 4) is 0 Å². The molecule has 0 radical (unpaired) electrons. The first kappa shape index (κ1) is 23.7. The molecule has 10 nitrogen and oxygen atoms in total. The molecule has 1 unspecified atom stereocenters. The van der Waals surface area contributed by atoms with E-state index >= 15 is 0 Å². The number of benzene rings is 1. The highest BCUT2D eigenvalue weighted by molar-refractivity contribution is 6.33. The van der Waals surface area contributed by atoms with Gasteiger partial charge in [-0.15, -0.1) is 0 Å². The zero-order chi connectivity index (χ0) is 24.4. The molecule has 3 heterocycles. The Labute approximate surface area is 201 Å². The normalized spacial score (nSPS) is 18.1. The van der Waals surface area contributed by atoms with E-state index in [-0.39, 0.29) is 35.6 Å². The Kier molecular flexibility index (Phi) is 6.87. The molecule has 1 aromatic carbocycles. The maximum Gasteiger partial charge on any atom is 0.309 e. The predicted molar refractivity (Wildman–Crippen MR) is 127 cm³/mol. The molecule has 2 aliphatic heterocycles. The van der Waals surface area contributed by atoms with Gasteiger partial charge < -0.3 is 20.3 Å². The average molecular weight is 488 g/mol. The number of hydrogen-bond donors (Lipinski definition) is 3. The van der Waals surface area contributed by atoms with Crippen LogP contribution >= 0.6 is 11.6 Å². The molecule has 1 atom stereocenters. The molecule has 2 aromatic rings. The van der Waals surface area contributed by atoms with Crippen LogP contribution in [0.2, 0.25) is 5.02 Å². The lowest BCUT2D eigenvalue weighted by atomic mass is 9.92. The van der Waals surface area contributed by atoms with Crippen molar-refractivity contribution in [3.05, 3.63) is 44.7 Å². The lowest BCUT2D eigenvalue weighted by molar-refractivity contribution is -0.148. The van der Waals surface area contributed by atoms with Crippen LogP contribution in [0.3, 0.4) is 0 Å². The van der Waals surface area contributed by atoms with E-state index in [2.05, 4.69) is 20.6 Å². The van der Waals surface area contributed by atoms with Crippen molar-refractivity contribution >= 4 is 46.8 Å². The van der Waals surface area contributed by atoms with Gasteiger partial charge in [0.2, 0.25) is 17.8 Å². The number of carbonyl (C=O) groups excluding carboxylic acids is 3. The largest absolute Gasteiger partial charge is 0.466 e. The molecule has 0 saturated carbocycles. The van der Waals surface area contributed by atoms with E-state index in [1.54, 1.807) is 25.1 Å². The Bertz CT molecular complexity index is 1190. The molecule has 11 heteroatoms. The van der Waals surface area contributed by atoms with Gasteiger partial charge in [0.25, 0.3) is 5.56 Å². The highest BCUT2D eigenvalue weighted by atomic mass is 35.5. The lowest BCUT2D eigenvalue weighted by Gasteiger charge is -2.32. The summed E-state index contributed by atoms with van der Waals surface area (Å²) in [5, 5.41) is 5.69. The molecule has 34 heavy (non-hydrogen) atoms. The van der Waals surface area contributed by atoms with Crippen molar-refractivity contribution in [2.75, 3.05) is 35.2 Å². The number of nitrogens with zero attached hydrogens (tertiary/aromatic N) is 2. The van der Waals surface area contributed by atoms with E-state index < -0.39 is 23.3 Å². The summed E-state index contributed by atoms with van der Waals surface area (Å²) in [5.41, 5.74) is 0.938. The molecule has 0 aliphatic carbocycles. The zero-order valence-electron chi connectivity index (χ0n) is 18.9. The standard InChI is InChI=1S/C23H26ClN5O5/c1-3-34-22(33)13-6-8-29(9-7-13)23-27-19-18(21(32)28-23)14(11-17(30)26-19)20(31)25-16-5-4-12(2)10-15(16)24/h4-5,10,13-14H,3,6-9,11H2,1-2H3,(H,25,31)(H2,26,27,28,30,32). The van der Waals surface area contributed by atoms with Gasteiger partial charge in [0, 0.05) is 19.5 Å². The Morgan fingerprint density at radius 3 is 2.68 bits per heavy atom. The monoisotopic (exact) mass is 487 g/mol. The van der Waals surface area contributed by atoms with Crippen LogP contribution in [0.4, 0.5) is 17.5 Å². The Morgan fingerprint density at radius 2 is 2.00 bits per heavy atom. The average Bonchev–Trinajstić information content (AvgIpc) is 2.80. The number of anilines is 3. The molecule has 180 valence electrons. The van der Waals surface area contributed by atoms with E-state index in [1.165, 1.54) is 0 Å². The molecule has 2 amide bonds. The number of amides is 2. The van der Waals surface area contributed by atoms with Crippen molar-refractivity contribution < 1.29 is 19.1 Å². The van der Waals surface area contributed by atoms with E-state index in [9.17, 15) is 19.2 Å². The number of piperidine rings is 1. The van der Waals surface area contributed by atoms with Crippen molar-refractivity contribution in [3.63, 3.8) is 0 Å². The third-order valence-corrected chi connectivity index (χ3v) is 6.36. The fraction of sp³-hybridized carbons (Fsp3) is 0.435. The van der Waals surface area contributed by atoms with Gasteiger partial charge in [-0.3, -0.25) is 24.2 Å². The van der Waals surface area contributed by atoms with Crippen LogP contribution < -0.4 is 21.1 Å². The van der Waals surface area contributed by atoms with Gasteiger partial charge in [-0.05, 0) is 44.4 Å². The minimum atomic E-state index is -1.01. The third kappa shape index (κ3) is 4.91. The Balaban J connectivity index is 1.55. The van der Waals surface area contributed by atoms with Gasteiger partial charge in [-0.2, -0.15) is 4.98 Å². The minimum Gasteiger partial charge on any atom is -0.466 e. The SMILES string of the molecule is CCOC(=O)C1CCN(c2nc3c(c(=O)[nH]2)C(C(=O)Nc2ccc(C)cc2Cl)CC(=O)N3)CC1. The highest BCUT2D eigenvalue weighted by Gasteiger charge is 2.36. The quantitative estimate of drug-likeness (QED) is 0.552. The first-order chi connectivity index (χ1) is 16.3. The fourth-order valence-corrected chi connectivity index (χ4v) is 4.54. The summed E-state index contributed by atoms with van der Waals surface area (Å²) in [4.78, 5) is 59.4. The number of rotatable bonds is 5. The Hall–Kier alpha value is -3.40. The minimum absolute atomic E-state index is 0.0673. The van der Waals surface area contributed by atoms with Crippen LogP contribution in [-0.4, -0.2) is 47.4 Å². The number of ether oxygens (including phenoxy) is 1. The smallest absolute Gasteiger partial charge is 0.309 e. The molecule has 4 rings (SSSR count). The summed E-state index contributed by atoms with van der Waals surface area (Å²) in [6.07, 6.45) is 0.944. The number of carbonyl (C=O) groups is 3. The Morgan fingerprint density at radius 1 is 1.26 bits per heavy atom. The van der Waals surface area contributed by atoms with Crippen LogP contribution in [0.1, 0.15) is 43.2 Å². The van der Waals surface area contributed by atoms with E-state index in [1.807, 2.05) is 11.8 Å². The summed E-state index contributed by atoms with van der Waals surface area (Å²) < 4.78 is 5.09. The molecular formula is C23H26ClN5O5. The summed E-state index contributed by atoms with van der Waals surface area (Å²) in [5.74, 6) is -2.00. The van der Waals surface area contributed by atoms with Gasteiger partial charge >= 0.3 is 5.97 Å². The second kappa shape index (κ2) is 9.84. The van der Waals surface area contributed by atoms with E-state index in [0.717, 1.165) is 5.56 Å². The molecule has 1 aromatic heterocycles.